The maximum atomic E-state index is 2.16. The number of hydrogen-bond donors (Lipinski definition) is 0. The highest BCUT2D eigenvalue weighted by Crippen LogP contribution is 1.90. The number of nitrogens with zero attached hydrogens (tertiary/aromatic N) is 2. The number of pyridine rings is 2. The summed E-state index contributed by atoms with van der Waals surface area (Å²) >= 11 is 0. The summed E-state index contributed by atoms with van der Waals surface area (Å²) < 4.78 is 4.31. The summed E-state index contributed by atoms with van der Waals surface area (Å²) in [7, 11) is 0. The topological polar surface area (TPSA) is 7.76 Å². The summed E-state index contributed by atoms with van der Waals surface area (Å²) in [6.07, 6.45) is 8.40. The summed E-state index contributed by atoms with van der Waals surface area (Å²) in [4.78, 5) is 0. The predicted molar refractivity (Wildman–Crippen MR) is 58.1 cm³/mol. The molecule has 2 rings (SSSR count). The van der Waals surface area contributed by atoms with E-state index in [1.54, 1.807) is 0 Å². The van der Waals surface area contributed by atoms with Crippen LogP contribution in [0.2, 0.25) is 0 Å². The number of aryl methyl sites for hydroxylation is 2. The minimum atomic E-state index is 0. The molecule has 0 aliphatic carbocycles. The second-order valence-corrected chi connectivity index (χ2v) is 3.92. The lowest BCUT2D eigenvalue weighted by Crippen LogP contribution is -3.00. The monoisotopic (exact) mass is 358 g/mol. The molecule has 2 aromatic rings. The largest absolute Gasteiger partial charge is 1.00 e. The Morgan fingerprint density at radius 2 is 1.00 bits per heavy atom. The zero-order chi connectivity index (χ0) is 10.7. The molecular weight excluding hydrogens is 344 g/mol. The first-order valence-electron chi connectivity index (χ1n) is 5.15. The van der Waals surface area contributed by atoms with Crippen molar-refractivity contribution in [1.29, 1.82) is 0 Å². The third-order valence-corrected chi connectivity index (χ3v) is 2.44. The van der Waals surface area contributed by atoms with Crippen LogP contribution in [0.1, 0.15) is 11.1 Å². The Labute approximate surface area is 123 Å². The molecule has 2 heterocycles. The lowest BCUT2D eigenvalue weighted by Gasteiger charge is -1.94. The molecule has 17 heavy (non-hydrogen) atoms. The van der Waals surface area contributed by atoms with Gasteiger partial charge in [-0.25, -0.2) is 0 Å². The average molecular weight is 360 g/mol. The van der Waals surface area contributed by atoms with Crippen LogP contribution in [0.5, 0.6) is 0 Å². The second-order valence-electron chi connectivity index (χ2n) is 3.92. The normalized spacial score (nSPS) is 9.06. The molecule has 0 radical (unpaired) electrons. The maximum Gasteiger partial charge on any atom is 0.343 e. The van der Waals surface area contributed by atoms with Gasteiger partial charge >= 0.3 is 6.67 Å². The van der Waals surface area contributed by atoms with Crippen molar-refractivity contribution in [2.45, 2.75) is 20.5 Å². The van der Waals surface area contributed by atoms with Crippen molar-refractivity contribution in [3.63, 3.8) is 0 Å². The molecule has 0 saturated carbocycles. The summed E-state index contributed by atoms with van der Waals surface area (Å²) in [5.41, 5.74) is 2.58. The van der Waals surface area contributed by atoms with Gasteiger partial charge in [-0.3, -0.25) is 0 Å². The van der Waals surface area contributed by atoms with E-state index in [0.717, 1.165) is 6.67 Å². The Bertz CT molecular complexity index is 394. The summed E-state index contributed by atoms with van der Waals surface area (Å²) in [6.45, 7) is 5.06. The molecule has 4 heteroatoms. The fourth-order valence-corrected chi connectivity index (χ4v) is 1.44. The van der Waals surface area contributed by atoms with Gasteiger partial charge in [-0.2, -0.15) is 0 Å². The first-order valence-corrected chi connectivity index (χ1v) is 5.15. The Kier molecular flexibility index (Phi) is 7.23. The van der Waals surface area contributed by atoms with Gasteiger partial charge in [0.15, 0.2) is 24.8 Å². The summed E-state index contributed by atoms with van der Waals surface area (Å²) in [5, 5.41) is 0. The van der Waals surface area contributed by atoms with E-state index in [0.29, 0.717) is 0 Å². The van der Waals surface area contributed by atoms with E-state index in [2.05, 4.69) is 72.0 Å². The van der Waals surface area contributed by atoms with Gasteiger partial charge in [-0.05, 0) is 25.0 Å². The van der Waals surface area contributed by atoms with E-state index in [9.17, 15) is 0 Å². The van der Waals surface area contributed by atoms with Crippen molar-refractivity contribution in [3.8, 4) is 0 Å². The first kappa shape index (κ1) is 16.3. The van der Waals surface area contributed by atoms with Crippen molar-refractivity contribution in [1.82, 2.24) is 0 Å². The molecule has 0 fully saturated rings. The molecule has 0 unspecified atom stereocenters. The van der Waals surface area contributed by atoms with Crippen LogP contribution >= 0.6 is 0 Å². The van der Waals surface area contributed by atoms with Crippen LogP contribution in [0.3, 0.4) is 0 Å². The van der Waals surface area contributed by atoms with Crippen LogP contribution < -0.4 is 43.1 Å². The second kappa shape index (κ2) is 7.56. The van der Waals surface area contributed by atoms with Crippen molar-refractivity contribution in [3.05, 3.63) is 60.2 Å². The maximum absolute atomic E-state index is 2.16. The molecule has 0 amide bonds. The molecule has 0 saturated heterocycles. The molecule has 0 N–H and O–H groups in total. The van der Waals surface area contributed by atoms with Crippen molar-refractivity contribution >= 4 is 0 Å². The summed E-state index contributed by atoms with van der Waals surface area (Å²) in [5.74, 6) is 0. The average Bonchev–Trinajstić information content (AvgIpc) is 2.25. The molecular formula is C13H16Br2N2. The van der Waals surface area contributed by atoms with Crippen LogP contribution in [0.15, 0.2) is 49.1 Å². The van der Waals surface area contributed by atoms with Crippen LogP contribution in [-0.4, -0.2) is 0 Å². The highest BCUT2D eigenvalue weighted by molar-refractivity contribution is 5.03. The third kappa shape index (κ3) is 4.96. The van der Waals surface area contributed by atoms with E-state index in [1.165, 1.54) is 11.1 Å². The van der Waals surface area contributed by atoms with Crippen molar-refractivity contribution < 1.29 is 43.1 Å². The van der Waals surface area contributed by atoms with Gasteiger partial charge in [-0.1, -0.05) is 0 Å². The predicted octanol–water partition coefficient (Wildman–Crippen LogP) is -4.61. The SMILES string of the molecule is Cc1cc[n+](C[n+]2ccc(C)cc2)cc1.[Br-].[Br-]. The minimum Gasteiger partial charge on any atom is -1.00 e. The molecule has 0 bridgehead atoms. The van der Waals surface area contributed by atoms with Gasteiger partial charge in [0.1, 0.15) is 0 Å². The fraction of sp³-hybridized carbons (Fsp3) is 0.231. The van der Waals surface area contributed by atoms with E-state index in [1.807, 2.05) is 0 Å². The van der Waals surface area contributed by atoms with Crippen LogP contribution in [0.4, 0.5) is 0 Å². The van der Waals surface area contributed by atoms with Crippen LogP contribution in [0, 0.1) is 13.8 Å². The van der Waals surface area contributed by atoms with Gasteiger partial charge < -0.3 is 34.0 Å². The highest BCUT2D eigenvalue weighted by atomic mass is 79.9. The standard InChI is InChI=1S/C13H16N2.2BrH/c1-12-3-7-14(8-4-12)11-15-9-5-13(2)6-10-15;;/h3-10H,11H2,1-2H3;2*1H/q+2;;/p-2. The number of hydrogen-bond acceptors (Lipinski definition) is 0. The van der Waals surface area contributed by atoms with Gasteiger partial charge in [0.25, 0.3) is 0 Å². The Morgan fingerprint density at radius 1 is 0.706 bits per heavy atom. The van der Waals surface area contributed by atoms with Gasteiger partial charge in [0, 0.05) is 24.3 Å². The molecule has 0 aliphatic heterocycles. The summed E-state index contributed by atoms with van der Waals surface area (Å²) in [6, 6.07) is 8.48. The van der Waals surface area contributed by atoms with Crippen molar-refractivity contribution in [2.24, 2.45) is 0 Å². The molecule has 92 valence electrons. The fourth-order valence-electron chi connectivity index (χ4n) is 1.44. The molecule has 0 aliphatic rings. The van der Waals surface area contributed by atoms with E-state index < -0.39 is 0 Å². The van der Waals surface area contributed by atoms with Gasteiger partial charge in [0.05, 0.1) is 0 Å². The van der Waals surface area contributed by atoms with E-state index in [4.69, 9.17) is 0 Å². The molecule has 0 atom stereocenters. The molecule has 2 aromatic heterocycles. The number of aromatic nitrogens is 2. The molecule has 2 nitrogen and oxygen atoms in total. The van der Waals surface area contributed by atoms with Gasteiger partial charge in [-0.15, -0.1) is 9.13 Å². The quantitative estimate of drug-likeness (QED) is 0.477. The zero-order valence-corrected chi connectivity index (χ0v) is 13.1. The number of halogens is 2. The Hall–Kier alpha value is -0.740. The highest BCUT2D eigenvalue weighted by Gasteiger charge is 2.05. The smallest absolute Gasteiger partial charge is 0.343 e. The van der Waals surface area contributed by atoms with Gasteiger partial charge in [0.2, 0.25) is 0 Å². The molecule has 0 spiro atoms. The lowest BCUT2D eigenvalue weighted by molar-refractivity contribution is -0.913. The van der Waals surface area contributed by atoms with E-state index in [-0.39, 0.29) is 34.0 Å². The zero-order valence-electron chi connectivity index (χ0n) is 9.98. The van der Waals surface area contributed by atoms with Crippen LogP contribution in [-0.2, 0) is 6.67 Å². The Morgan fingerprint density at radius 3 is 1.29 bits per heavy atom. The third-order valence-electron chi connectivity index (χ3n) is 2.44. The first-order chi connectivity index (χ1) is 7.24. The lowest BCUT2D eigenvalue weighted by atomic mass is 10.3. The molecule has 0 aromatic carbocycles. The number of rotatable bonds is 2. The minimum absolute atomic E-state index is 0. The van der Waals surface area contributed by atoms with Crippen LogP contribution in [0.25, 0.3) is 0 Å². The Balaban J connectivity index is 0.00000128. The van der Waals surface area contributed by atoms with Crippen molar-refractivity contribution in [2.75, 3.05) is 0 Å². The van der Waals surface area contributed by atoms with E-state index >= 15 is 0 Å².